The van der Waals surface area contributed by atoms with Gasteiger partial charge in [-0.15, -0.1) is 0 Å². The molecule has 2 nitrogen and oxygen atoms in total. The quantitative estimate of drug-likeness (QED) is 0.178. The van der Waals surface area contributed by atoms with E-state index in [9.17, 15) is 0 Å². The lowest BCUT2D eigenvalue weighted by Gasteiger charge is -2.37. The molecular weight excluding hydrogens is 703 g/mol. The zero-order chi connectivity index (χ0) is 38.3. The number of furan rings is 1. The molecule has 0 radical (unpaired) electrons. The van der Waals surface area contributed by atoms with E-state index in [0.717, 1.165) is 44.6 Å². The Morgan fingerprint density at radius 3 is 2.14 bits per heavy atom. The zero-order valence-electron chi connectivity index (χ0n) is 32.9. The maximum absolute atomic E-state index is 6.82. The minimum Gasteiger partial charge on any atom is -0.455 e. The molecule has 4 aliphatic rings. The van der Waals surface area contributed by atoms with Gasteiger partial charge in [0.2, 0.25) is 0 Å². The minimum absolute atomic E-state index is 0.0802. The van der Waals surface area contributed by atoms with Crippen LogP contribution >= 0.6 is 0 Å². The minimum atomic E-state index is -0.119. The summed E-state index contributed by atoms with van der Waals surface area (Å²) in [4.78, 5) is 2.53. The highest BCUT2D eigenvalue weighted by atomic mass is 16.3. The molecule has 3 unspecified atom stereocenters. The number of fused-ring (bicyclic) bond motifs is 16. The van der Waals surface area contributed by atoms with Gasteiger partial charge in [-0.1, -0.05) is 142 Å². The first-order chi connectivity index (χ1) is 28.5. The number of rotatable bonds is 4. The average molecular weight is 746 g/mol. The third-order valence-electron chi connectivity index (χ3n) is 14.9. The molecule has 0 saturated heterocycles. The standard InChI is InChI=1S/C56H43NO/c1-55(2)47-20-7-5-17-43(47)45-19-10-18-40(53(45)55)36-13-9-14-38(31-36)57(50-22-11-23-51-52(50)46-28-25-35-12-3-4-15-41(35)54(46)58-51)39-27-29-44-42-16-6-8-21-48(42)56(49(44)32-39)33-34-24-26-37(56)30-34/h3-23,25,27-29,31-32,34,37H,24,26,30,33H2,1-2H3. The maximum atomic E-state index is 6.82. The molecule has 1 aromatic heterocycles. The van der Waals surface area contributed by atoms with Crippen LogP contribution in [0.25, 0.3) is 66.1 Å². The molecule has 9 aromatic rings. The van der Waals surface area contributed by atoms with Crippen molar-refractivity contribution < 1.29 is 4.42 Å². The Balaban J connectivity index is 1.06. The third kappa shape index (κ3) is 4.23. The number of hydrogen-bond acceptors (Lipinski definition) is 2. The fraction of sp³-hybridized carbons (Fsp3) is 0.179. The van der Waals surface area contributed by atoms with E-state index < -0.39 is 0 Å². The summed E-state index contributed by atoms with van der Waals surface area (Å²) in [5.74, 6) is 1.50. The molecule has 0 amide bonds. The highest BCUT2D eigenvalue weighted by molar-refractivity contribution is 6.19. The van der Waals surface area contributed by atoms with Crippen molar-refractivity contribution in [2.75, 3.05) is 4.90 Å². The van der Waals surface area contributed by atoms with Crippen LogP contribution in [0.5, 0.6) is 0 Å². The predicted octanol–water partition coefficient (Wildman–Crippen LogP) is 15.3. The van der Waals surface area contributed by atoms with Crippen molar-refractivity contribution in [3.05, 3.63) is 186 Å². The van der Waals surface area contributed by atoms with E-state index in [2.05, 4.69) is 183 Å². The molecular formula is C56H43NO. The second-order valence-corrected chi connectivity index (χ2v) is 18.0. The molecule has 0 aliphatic heterocycles. The van der Waals surface area contributed by atoms with Gasteiger partial charge in [0.05, 0.1) is 11.1 Å². The van der Waals surface area contributed by atoms with Gasteiger partial charge in [-0.05, 0) is 135 Å². The Hall–Kier alpha value is -6.38. The lowest BCUT2D eigenvalue weighted by molar-refractivity contribution is 0.327. The van der Waals surface area contributed by atoms with E-state index in [4.69, 9.17) is 4.42 Å². The van der Waals surface area contributed by atoms with Gasteiger partial charge in [0.1, 0.15) is 11.2 Å². The molecule has 1 heterocycles. The second kappa shape index (κ2) is 11.6. The molecule has 58 heavy (non-hydrogen) atoms. The third-order valence-corrected chi connectivity index (χ3v) is 14.9. The summed E-state index contributed by atoms with van der Waals surface area (Å²) in [5.41, 5.74) is 19.2. The smallest absolute Gasteiger partial charge is 0.143 e. The molecule has 2 saturated carbocycles. The van der Waals surface area contributed by atoms with Gasteiger partial charge in [-0.25, -0.2) is 0 Å². The van der Waals surface area contributed by atoms with E-state index in [0.29, 0.717) is 5.92 Å². The van der Waals surface area contributed by atoms with Crippen LogP contribution in [-0.4, -0.2) is 0 Å². The van der Waals surface area contributed by atoms with E-state index >= 15 is 0 Å². The van der Waals surface area contributed by atoms with Crippen molar-refractivity contribution in [2.45, 2.75) is 50.4 Å². The first kappa shape index (κ1) is 32.7. The Kier molecular flexibility index (Phi) is 6.54. The normalized spacial score (nSPS) is 20.5. The SMILES string of the molecule is CC1(C)c2ccccc2-c2cccc(-c3cccc(N(c4ccc5c(c4)C4(CC6CCC4C6)c4ccccc4-5)c4cccc5oc6c7ccccc7ccc6c45)c3)c21. The van der Waals surface area contributed by atoms with Crippen LogP contribution in [-0.2, 0) is 10.8 Å². The van der Waals surface area contributed by atoms with Crippen LogP contribution in [0.4, 0.5) is 17.1 Å². The predicted molar refractivity (Wildman–Crippen MR) is 241 cm³/mol. The van der Waals surface area contributed by atoms with Gasteiger partial charge in [0.25, 0.3) is 0 Å². The van der Waals surface area contributed by atoms with Crippen LogP contribution in [0.1, 0.15) is 61.8 Å². The number of benzene rings is 8. The highest BCUT2D eigenvalue weighted by Crippen LogP contribution is 2.66. The molecule has 13 rings (SSSR count). The van der Waals surface area contributed by atoms with E-state index in [1.54, 1.807) is 5.56 Å². The molecule has 2 fully saturated rings. The summed E-state index contributed by atoms with van der Waals surface area (Å²) >= 11 is 0. The zero-order valence-corrected chi connectivity index (χ0v) is 32.9. The summed E-state index contributed by atoms with van der Waals surface area (Å²) < 4.78 is 6.82. The van der Waals surface area contributed by atoms with Crippen molar-refractivity contribution in [3.63, 3.8) is 0 Å². The Morgan fingerprint density at radius 1 is 0.552 bits per heavy atom. The van der Waals surface area contributed by atoms with Gasteiger partial charge >= 0.3 is 0 Å². The van der Waals surface area contributed by atoms with Crippen LogP contribution in [0, 0.1) is 11.8 Å². The topological polar surface area (TPSA) is 16.4 Å². The molecule has 2 heteroatoms. The van der Waals surface area contributed by atoms with Crippen molar-refractivity contribution in [1.29, 1.82) is 0 Å². The van der Waals surface area contributed by atoms with Gasteiger partial charge in [0.15, 0.2) is 0 Å². The van der Waals surface area contributed by atoms with Crippen molar-refractivity contribution in [2.24, 2.45) is 11.8 Å². The van der Waals surface area contributed by atoms with E-state index in [-0.39, 0.29) is 10.8 Å². The fourth-order valence-corrected chi connectivity index (χ4v) is 12.6. The van der Waals surface area contributed by atoms with Crippen LogP contribution in [0.3, 0.4) is 0 Å². The lowest BCUT2D eigenvalue weighted by Crippen LogP contribution is -2.32. The molecule has 1 spiro atoms. The summed E-state index contributed by atoms with van der Waals surface area (Å²) in [6.45, 7) is 4.78. The van der Waals surface area contributed by atoms with Crippen LogP contribution < -0.4 is 4.90 Å². The Bertz CT molecular complexity index is 3200. The molecule has 278 valence electrons. The maximum Gasteiger partial charge on any atom is 0.143 e. The van der Waals surface area contributed by atoms with Gasteiger partial charge in [0, 0.05) is 33.0 Å². The average Bonchev–Trinajstić information content (AvgIpc) is 4.08. The first-order valence-corrected chi connectivity index (χ1v) is 21.2. The molecule has 3 atom stereocenters. The van der Waals surface area contributed by atoms with E-state index in [1.165, 1.54) is 86.8 Å². The largest absolute Gasteiger partial charge is 0.455 e. The molecule has 0 N–H and O–H groups in total. The van der Waals surface area contributed by atoms with Crippen molar-refractivity contribution in [3.8, 4) is 33.4 Å². The monoisotopic (exact) mass is 745 g/mol. The Morgan fingerprint density at radius 2 is 1.28 bits per heavy atom. The van der Waals surface area contributed by atoms with Gasteiger partial charge in [-0.2, -0.15) is 0 Å². The summed E-state index contributed by atoms with van der Waals surface area (Å²) in [6.07, 6.45) is 5.30. The van der Waals surface area contributed by atoms with Crippen LogP contribution in [0.2, 0.25) is 0 Å². The summed E-state index contributed by atoms with van der Waals surface area (Å²) in [7, 11) is 0. The Labute approximate surface area is 339 Å². The first-order valence-electron chi connectivity index (χ1n) is 21.2. The lowest BCUT2D eigenvalue weighted by atomic mass is 9.67. The summed E-state index contributed by atoms with van der Waals surface area (Å²) in [6, 6.07) is 61.6. The second-order valence-electron chi connectivity index (χ2n) is 18.0. The van der Waals surface area contributed by atoms with Gasteiger partial charge < -0.3 is 9.32 Å². The highest BCUT2D eigenvalue weighted by Gasteiger charge is 2.56. The van der Waals surface area contributed by atoms with Crippen molar-refractivity contribution >= 4 is 49.8 Å². The summed E-state index contributed by atoms with van der Waals surface area (Å²) in [5, 5.41) is 4.62. The van der Waals surface area contributed by atoms with E-state index in [1.807, 2.05) is 0 Å². The van der Waals surface area contributed by atoms with Gasteiger partial charge in [-0.3, -0.25) is 0 Å². The number of hydrogen-bond donors (Lipinski definition) is 0. The fourth-order valence-electron chi connectivity index (χ4n) is 12.6. The van der Waals surface area contributed by atoms with Crippen LogP contribution in [0.15, 0.2) is 168 Å². The number of anilines is 3. The van der Waals surface area contributed by atoms with Crippen molar-refractivity contribution in [1.82, 2.24) is 0 Å². The number of nitrogens with zero attached hydrogens (tertiary/aromatic N) is 1. The molecule has 8 aromatic carbocycles. The molecule has 2 bridgehead atoms. The molecule has 4 aliphatic carbocycles.